The zero-order valence-electron chi connectivity index (χ0n) is 14.5. The summed E-state index contributed by atoms with van der Waals surface area (Å²) in [4.78, 5) is 0. The number of aromatic nitrogens is 2. The highest BCUT2D eigenvalue weighted by Crippen LogP contribution is 2.35. The van der Waals surface area contributed by atoms with Crippen molar-refractivity contribution in [2.24, 2.45) is 0 Å². The molecule has 2 N–H and O–H groups in total. The number of unbranched alkanes of at least 4 members (excludes halogenated alkanes) is 1. The molecule has 122 valence electrons. The number of nitrogen functional groups attached to an aromatic ring is 1. The van der Waals surface area contributed by atoms with E-state index in [9.17, 15) is 0 Å². The Morgan fingerprint density at radius 2 is 1.68 bits per heavy atom. The van der Waals surface area contributed by atoms with Crippen LogP contribution in [0.3, 0.4) is 0 Å². The molecule has 0 spiro atoms. The van der Waals surface area contributed by atoms with Gasteiger partial charge in [-0.15, -0.1) is 0 Å². The molecule has 0 saturated carbocycles. The second kappa shape index (κ2) is 6.78. The average molecular weight is 320 g/mol. The van der Waals surface area contributed by atoms with Gasteiger partial charge in [0.15, 0.2) is 0 Å². The van der Waals surface area contributed by atoms with Crippen LogP contribution in [-0.2, 0) is 6.54 Å². The van der Waals surface area contributed by atoms with Crippen molar-refractivity contribution in [3.63, 3.8) is 0 Å². The maximum atomic E-state index is 5.78. The maximum absolute atomic E-state index is 5.78. The van der Waals surface area contributed by atoms with Crippen LogP contribution in [0.15, 0.2) is 24.3 Å². The van der Waals surface area contributed by atoms with Crippen molar-refractivity contribution < 1.29 is 0 Å². The Hall–Kier alpha value is -1.42. The van der Waals surface area contributed by atoms with Gasteiger partial charge in [0.05, 0.1) is 5.69 Å². The molecule has 1 aromatic carbocycles. The highest BCUT2D eigenvalue weighted by atomic mass is 32.3. The Bertz CT molecular complexity index is 621. The minimum Gasteiger partial charge on any atom is -0.399 e. The molecule has 2 aromatic rings. The summed E-state index contributed by atoms with van der Waals surface area (Å²) in [5, 5.41) is 4.74. The number of nitrogens with zero attached hydrogens (tertiary/aromatic N) is 2. The number of rotatable bonds is 6. The van der Waals surface area contributed by atoms with E-state index in [0.29, 0.717) is 0 Å². The lowest BCUT2D eigenvalue weighted by atomic mass is 10.0. The fourth-order valence-corrected chi connectivity index (χ4v) is 3.85. The second-order valence-electron chi connectivity index (χ2n) is 6.89. The Morgan fingerprint density at radius 1 is 1.05 bits per heavy atom. The van der Waals surface area contributed by atoms with Crippen LogP contribution in [0.25, 0.3) is 11.1 Å². The number of hydrogen-bond donors (Lipinski definition) is 1. The van der Waals surface area contributed by atoms with Gasteiger partial charge < -0.3 is 5.73 Å². The molecular formula is C18H29N3S. The van der Waals surface area contributed by atoms with Crippen LogP contribution < -0.4 is 5.73 Å². The van der Waals surface area contributed by atoms with Gasteiger partial charge >= 0.3 is 0 Å². The molecule has 0 aliphatic heterocycles. The number of hydrogen-bond acceptors (Lipinski definition) is 2. The largest absolute Gasteiger partial charge is 0.399 e. The van der Waals surface area contributed by atoms with Crippen molar-refractivity contribution in [3.8, 4) is 11.1 Å². The zero-order valence-corrected chi connectivity index (χ0v) is 15.3. The van der Waals surface area contributed by atoms with Gasteiger partial charge in [0, 0.05) is 23.5 Å². The van der Waals surface area contributed by atoms with Crippen LogP contribution in [0.5, 0.6) is 0 Å². The van der Waals surface area contributed by atoms with Gasteiger partial charge in [-0.2, -0.15) is 5.10 Å². The normalized spacial score (nSPS) is 12.6. The standard InChI is InChI=1S/C18H29N3S/c1-14-18(16-8-10-17(19)11-9-16)15(2)21(20-14)12-6-7-13-22(3,4)5/h8-11H,6-7,12-13,19H2,1-5H3. The summed E-state index contributed by atoms with van der Waals surface area (Å²) in [6.45, 7) is 5.27. The third-order valence-electron chi connectivity index (χ3n) is 3.96. The molecule has 0 bridgehead atoms. The SMILES string of the molecule is Cc1nn(CCCCS(C)(C)C)c(C)c1-c1ccc(N)cc1. The van der Waals surface area contributed by atoms with Crippen molar-refractivity contribution >= 4 is 15.7 Å². The van der Waals surface area contributed by atoms with Crippen LogP contribution >= 0.6 is 10.0 Å². The fourth-order valence-electron chi connectivity index (χ4n) is 2.78. The monoisotopic (exact) mass is 319 g/mol. The molecule has 22 heavy (non-hydrogen) atoms. The first kappa shape index (κ1) is 16.9. The zero-order chi connectivity index (χ0) is 16.3. The molecule has 1 heterocycles. The van der Waals surface area contributed by atoms with Crippen LogP contribution in [0.4, 0.5) is 5.69 Å². The molecule has 2 rings (SSSR count). The Balaban J connectivity index is 2.09. The van der Waals surface area contributed by atoms with E-state index in [1.165, 1.54) is 35.4 Å². The molecule has 0 aliphatic rings. The van der Waals surface area contributed by atoms with Gasteiger partial charge in [0.2, 0.25) is 0 Å². The molecule has 0 atom stereocenters. The molecule has 0 amide bonds. The van der Waals surface area contributed by atoms with Crippen LogP contribution in [-0.4, -0.2) is 34.3 Å². The number of anilines is 1. The first-order valence-electron chi connectivity index (χ1n) is 7.84. The summed E-state index contributed by atoms with van der Waals surface area (Å²) in [7, 11) is -0.380. The lowest BCUT2D eigenvalue weighted by Gasteiger charge is -2.24. The smallest absolute Gasteiger partial charge is 0.0674 e. The van der Waals surface area contributed by atoms with Gasteiger partial charge in [0.25, 0.3) is 0 Å². The van der Waals surface area contributed by atoms with Crippen molar-refractivity contribution in [2.45, 2.75) is 33.2 Å². The van der Waals surface area contributed by atoms with E-state index in [1.807, 2.05) is 12.1 Å². The minimum absolute atomic E-state index is 0.380. The summed E-state index contributed by atoms with van der Waals surface area (Å²) >= 11 is 0. The predicted molar refractivity (Wildman–Crippen MR) is 101 cm³/mol. The maximum Gasteiger partial charge on any atom is 0.0674 e. The molecule has 0 radical (unpaired) electrons. The second-order valence-corrected chi connectivity index (χ2v) is 11.5. The van der Waals surface area contributed by atoms with Gasteiger partial charge in [-0.25, -0.2) is 10.0 Å². The fraction of sp³-hybridized carbons (Fsp3) is 0.500. The van der Waals surface area contributed by atoms with Crippen molar-refractivity contribution in [3.05, 3.63) is 35.7 Å². The molecule has 4 heteroatoms. The van der Waals surface area contributed by atoms with Crippen molar-refractivity contribution in [1.82, 2.24) is 9.78 Å². The molecule has 0 unspecified atom stereocenters. The summed E-state index contributed by atoms with van der Waals surface area (Å²) in [5.74, 6) is 1.34. The van der Waals surface area contributed by atoms with Gasteiger partial charge in [-0.3, -0.25) is 4.68 Å². The first-order valence-corrected chi connectivity index (χ1v) is 10.9. The molecule has 3 nitrogen and oxygen atoms in total. The Morgan fingerprint density at radius 3 is 2.27 bits per heavy atom. The molecule has 0 saturated heterocycles. The first-order chi connectivity index (χ1) is 10.3. The average Bonchev–Trinajstić information content (AvgIpc) is 2.70. The molecular weight excluding hydrogens is 290 g/mol. The summed E-state index contributed by atoms with van der Waals surface area (Å²) in [5.41, 5.74) is 11.4. The summed E-state index contributed by atoms with van der Waals surface area (Å²) < 4.78 is 2.17. The predicted octanol–water partition coefficient (Wildman–Crippen LogP) is 4.22. The van der Waals surface area contributed by atoms with Gasteiger partial charge in [0.1, 0.15) is 0 Å². The Kier molecular flexibility index (Phi) is 5.22. The summed E-state index contributed by atoms with van der Waals surface area (Å²) in [6, 6.07) is 8.08. The molecule has 1 aromatic heterocycles. The minimum atomic E-state index is -0.380. The van der Waals surface area contributed by atoms with Gasteiger partial charge in [-0.05, 0) is 68.9 Å². The molecule has 0 fully saturated rings. The quantitative estimate of drug-likeness (QED) is 0.640. The lowest BCUT2D eigenvalue weighted by Crippen LogP contribution is -2.05. The topological polar surface area (TPSA) is 43.8 Å². The van der Waals surface area contributed by atoms with Crippen LogP contribution in [0.1, 0.15) is 24.2 Å². The Labute approximate surface area is 136 Å². The third kappa shape index (κ3) is 4.29. The van der Waals surface area contributed by atoms with Crippen molar-refractivity contribution in [1.29, 1.82) is 0 Å². The number of nitrogens with two attached hydrogens (primary N) is 1. The van der Waals surface area contributed by atoms with E-state index >= 15 is 0 Å². The lowest BCUT2D eigenvalue weighted by molar-refractivity contribution is 0.557. The van der Waals surface area contributed by atoms with E-state index in [1.54, 1.807) is 0 Å². The molecule has 0 aliphatic carbocycles. The third-order valence-corrected chi connectivity index (χ3v) is 5.47. The van der Waals surface area contributed by atoms with E-state index < -0.39 is 0 Å². The van der Waals surface area contributed by atoms with Gasteiger partial charge in [-0.1, -0.05) is 12.1 Å². The van der Waals surface area contributed by atoms with E-state index in [-0.39, 0.29) is 10.0 Å². The van der Waals surface area contributed by atoms with E-state index in [2.05, 4.69) is 49.4 Å². The number of benzene rings is 1. The van der Waals surface area contributed by atoms with E-state index in [4.69, 9.17) is 10.8 Å². The van der Waals surface area contributed by atoms with Crippen LogP contribution in [0, 0.1) is 13.8 Å². The summed E-state index contributed by atoms with van der Waals surface area (Å²) in [6.07, 6.45) is 9.64. The van der Waals surface area contributed by atoms with Crippen molar-refractivity contribution in [2.75, 3.05) is 30.3 Å². The highest BCUT2D eigenvalue weighted by Gasteiger charge is 2.13. The van der Waals surface area contributed by atoms with E-state index in [0.717, 1.165) is 17.9 Å². The highest BCUT2D eigenvalue weighted by molar-refractivity contribution is 8.32. The van der Waals surface area contributed by atoms with Crippen LogP contribution in [0.2, 0.25) is 0 Å². The number of aryl methyl sites for hydroxylation is 2.